The summed E-state index contributed by atoms with van der Waals surface area (Å²) in [7, 11) is 1.52. The average molecular weight is 390 g/mol. The van der Waals surface area contributed by atoms with Crippen LogP contribution < -0.4 is 10.6 Å². The number of carbonyl (C=O) groups excluding carboxylic acids is 3. The van der Waals surface area contributed by atoms with Crippen molar-refractivity contribution in [2.24, 2.45) is 0 Å². The molecule has 2 N–H and O–H groups in total. The predicted molar refractivity (Wildman–Crippen MR) is 101 cm³/mol. The van der Waals surface area contributed by atoms with Crippen LogP contribution in [0.1, 0.15) is 40.2 Å². The Hall–Kier alpha value is -2.80. The molecule has 1 aliphatic heterocycles. The van der Waals surface area contributed by atoms with Gasteiger partial charge in [-0.1, -0.05) is 11.6 Å². The van der Waals surface area contributed by atoms with Crippen LogP contribution in [0.5, 0.6) is 0 Å². The molecule has 0 aliphatic carbocycles. The van der Waals surface area contributed by atoms with Gasteiger partial charge in [-0.15, -0.1) is 0 Å². The zero-order valence-corrected chi connectivity index (χ0v) is 15.6. The van der Waals surface area contributed by atoms with Crippen LogP contribution in [0.4, 0.5) is 5.69 Å². The number of rotatable bonds is 4. The molecule has 1 aromatic carbocycles. The molecule has 8 heteroatoms. The Bertz CT molecular complexity index is 851. The van der Waals surface area contributed by atoms with Gasteiger partial charge in [0.05, 0.1) is 17.0 Å². The van der Waals surface area contributed by atoms with Gasteiger partial charge in [0.1, 0.15) is 6.04 Å². The van der Waals surface area contributed by atoms with Crippen molar-refractivity contribution in [2.75, 3.05) is 18.9 Å². The third-order valence-corrected chi connectivity index (χ3v) is 4.84. The molecule has 0 spiro atoms. The molecule has 1 aromatic heterocycles. The molecule has 1 fully saturated rings. The van der Waals surface area contributed by atoms with Crippen molar-refractivity contribution in [1.82, 2.24) is 10.2 Å². The smallest absolute Gasteiger partial charge is 0.290 e. The second-order valence-corrected chi connectivity index (χ2v) is 6.66. The molecule has 2 aromatic rings. The van der Waals surface area contributed by atoms with E-state index < -0.39 is 6.04 Å². The highest BCUT2D eigenvalue weighted by Gasteiger charge is 2.34. The van der Waals surface area contributed by atoms with E-state index in [1.165, 1.54) is 24.3 Å². The minimum absolute atomic E-state index is 0.203. The first-order valence-electron chi connectivity index (χ1n) is 8.68. The van der Waals surface area contributed by atoms with E-state index in [-0.39, 0.29) is 23.5 Å². The van der Waals surface area contributed by atoms with Crippen molar-refractivity contribution < 1.29 is 18.8 Å². The Kier molecular flexibility index (Phi) is 5.81. The Morgan fingerprint density at radius 3 is 2.74 bits per heavy atom. The summed E-state index contributed by atoms with van der Waals surface area (Å²) >= 11 is 6.17. The van der Waals surface area contributed by atoms with Crippen LogP contribution in [0.2, 0.25) is 5.02 Å². The monoisotopic (exact) mass is 389 g/mol. The Morgan fingerprint density at radius 2 is 2.04 bits per heavy atom. The normalized spacial score (nSPS) is 16.7. The van der Waals surface area contributed by atoms with Gasteiger partial charge < -0.3 is 20.0 Å². The first kappa shape index (κ1) is 19.0. The molecule has 1 unspecified atom stereocenters. The Morgan fingerprint density at radius 1 is 1.22 bits per heavy atom. The number of benzene rings is 1. The second kappa shape index (κ2) is 8.26. The Balaban J connectivity index is 1.79. The summed E-state index contributed by atoms with van der Waals surface area (Å²) in [4.78, 5) is 38.8. The number of hydrogen-bond donors (Lipinski definition) is 2. The minimum atomic E-state index is -0.629. The SMILES string of the molecule is CNC(=O)c1ccc(Cl)c(NC(=O)C2CCCCN2C(=O)c2ccco2)c1. The van der Waals surface area contributed by atoms with E-state index in [0.717, 1.165) is 12.8 Å². The third kappa shape index (κ3) is 4.14. The number of anilines is 1. The number of likely N-dealkylation sites (tertiary alicyclic amines) is 1. The summed E-state index contributed by atoms with van der Waals surface area (Å²) < 4.78 is 5.18. The van der Waals surface area contributed by atoms with Crippen LogP contribution in [0.25, 0.3) is 0 Å². The van der Waals surface area contributed by atoms with Gasteiger partial charge in [-0.25, -0.2) is 0 Å². The standard InChI is InChI=1S/C19H20ClN3O4/c1-21-17(24)12-7-8-13(20)14(11-12)22-18(25)15-5-2-3-9-23(15)19(26)16-6-4-10-27-16/h4,6-8,10-11,15H,2-3,5,9H2,1H3,(H,21,24)(H,22,25). The predicted octanol–water partition coefficient (Wildman–Crippen LogP) is 2.93. The largest absolute Gasteiger partial charge is 0.459 e. The summed E-state index contributed by atoms with van der Waals surface area (Å²) in [6, 6.07) is 7.22. The van der Waals surface area contributed by atoms with Gasteiger partial charge in [-0.3, -0.25) is 14.4 Å². The highest BCUT2D eigenvalue weighted by atomic mass is 35.5. The molecular weight excluding hydrogens is 370 g/mol. The van der Waals surface area contributed by atoms with Gasteiger partial charge in [0.15, 0.2) is 5.76 Å². The summed E-state index contributed by atoms with van der Waals surface area (Å²) in [5.74, 6) is -0.737. The molecular formula is C19H20ClN3O4. The molecule has 3 amide bonds. The quantitative estimate of drug-likeness (QED) is 0.841. The maximum atomic E-state index is 12.9. The van der Waals surface area contributed by atoms with Crippen molar-refractivity contribution in [1.29, 1.82) is 0 Å². The van der Waals surface area contributed by atoms with E-state index in [1.807, 2.05) is 0 Å². The fraction of sp³-hybridized carbons (Fsp3) is 0.316. The molecule has 142 valence electrons. The van der Waals surface area contributed by atoms with Crippen LogP contribution in [0, 0.1) is 0 Å². The molecule has 0 saturated carbocycles. The molecule has 27 heavy (non-hydrogen) atoms. The van der Waals surface area contributed by atoms with E-state index in [2.05, 4.69) is 10.6 Å². The second-order valence-electron chi connectivity index (χ2n) is 6.25. The molecule has 0 bridgehead atoms. The first-order chi connectivity index (χ1) is 13.0. The van der Waals surface area contributed by atoms with Gasteiger partial charge in [-0.2, -0.15) is 0 Å². The lowest BCUT2D eigenvalue weighted by Crippen LogP contribution is -2.50. The third-order valence-electron chi connectivity index (χ3n) is 4.51. The first-order valence-corrected chi connectivity index (χ1v) is 9.06. The van der Waals surface area contributed by atoms with Crippen molar-refractivity contribution in [3.05, 3.63) is 52.9 Å². The fourth-order valence-corrected chi connectivity index (χ4v) is 3.28. The van der Waals surface area contributed by atoms with Crippen LogP contribution in [-0.4, -0.2) is 42.3 Å². The molecule has 1 saturated heterocycles. The van der Waals surface area contributed by atoms with E-state index in [0.29, 0.717) is 29.2 Å². The van der Waals surface area contributed by atoms with Crippen LogP contribution in [0.3, 0.4) is 0 Å². The van der Waals surface area contributed by atoms with Crippen LogP contribution in [-0.2, 0) is 4.79 Å². The van der Waals surface area contributed by atoms with E-state index in [1.54, 1.807) is 24.3 Å². The summed E-state index contributed by atoms with van der Waals surface area (Å²) in [5, 5.41) is 5.59. The fourth-order valence-electron chi connectivity index (χ4n) is 3.11. The van der Waals surface area contributed by atoms with Gasteiger partial charge in [0, 0.05) is 19.2 Å². The number of carbonyl (C=O) groups is 3. The minimum Gasteiger partial charge on any atom is -0.459 e. The highest BCUT2D eigenvalue weighted by Crippen LogP contribution is 2.26. The van der Waals surface area contributed by atoms with E-state index in [9.17, 15) is 14.4 Å². The number of amides is 3. The van der Waals surface area contributed by atoms with Crippen LogP contribution >= 0.6 is 11.6 Å². The van der Waals surface area contributed by atoms with Gasteiger partial charge in [-0.05, 0) is 49.6 Å². The van der Waals surface area contributed by atoms with Gasteiger partial charge in [0.2, 0.25) is 5.91 Å². The van der Waals surface area contributed by atoms with Gasteiger partial charge in [0.25, 0.3) is 11.8 Å². The number of nitrogens with one attached hydrogen (secondary N) is 2. The number of piperidine rings is 1. The van der Waals surface area contributed by atoms with Crippen molar-refractivity contribution >= 4 is 35.0 Å². The molecule has 1 atom stereocenters. The van der Waals surface area contributed by atoms with Crippen molar-refractivity contribution in [2.45, 2.75) is 25.3 Å². The number of nitrogens with zero attached hydrogens (tertiary/aromatic N) is 1. The van der Waals surface area contributed by atoms with Crippen molar-refractivity contribution in [3.63, 3.8) is 0 Å². The molecule has 1 aliphatic rings. The number of hydrogen-bond acceptors (Lipinski definition) is 4. The zero-order valence-electron chi connectivity index (χ0n) is 14.8. The molecule has 0 radical (unpaired) electrons. The number of halogens is 1. The molecule has 7 nitrogen and oxygen atoms in total. The van der Waals surface area contributed by atoms with E-state index in [4.69, 9.17) is 16.0 Å². The van der Waals surface area contributed by atoms with Gasteiger partial charge >= 0.3 is 0 Å². The van der Waals surface area contributed by atoms with E-state index >= 15 is 0 Å². The van der Waals surface area contributed by atoms with Crippen molar-refractivity contribution in [3.8, 4) is 0 Å². The lowest BCUT2D eigenvalue weighted by molar-refractivity contribution is -0.121. The summed E-state index contributed by atoms with van der Waals surface area (Å²) in [6.07, 6.45) is 3.64. The Labute approximate surface area is 161 Å². The maximum absolute atomic E-state index is 12.9. The topological polar surface area (TPSA) is 91.7 Å². The highest BCUT2D eigenvalue weighted by molar-refractivity contribution is 6.34. The zero-order chi connectivity index (χ0) is 19.4. The lowest BCUT2D eigenvalue weighted by atomic mass is 10.0. The van der Waals surface area contributed by atoms with Crippen LogP contribution in [0.15, 0.2) is 41.0 Å². The lowest BCUT2D eigenvalue weighted by Gasteiger charge is -2.34. The maximum Gasteiger partial charge on any atom is 0.290 e. The number of furan rings is 1. The molecule has 2 heterocycles. The summed E-state index contributed by atoms with van der Waals surface area (Å²) in [5.41, 5.74) is 0.711. The molecule has 3 rings (SSSR count). The average Bonchev–Trinajstić information content (AvgIpc) is 3.23. The summed E-state index contributed by atoms with van der Waals surface area (Å²) in [6.45, 7) is 0.476.